The summed E-state index contributed by atoms with van der Waals surface area (Å²) in [5.74, 6) is -0.680. The number of hydrogen-bond donors (Lipinski definition) is 0. The lowest BCUT2D eigenvalue weighted by molar-refractivity contribution is 0.0468. The van der Waals surface area contributed by atoms with Crippen LogP contribution in [-0.4, -0.2) is 5.97 Å². The van der Waals surface area contributed by atoms with Crippen LogP contribution in [0.3, 0.4) is 0 Å². The summed E-state index contributed by atoms with van der Waals surface area (Å²) in [6.07, 6.45) is 0. The lowest BCUT2D eigenvalue weighted by atomic mass is 10.1. The Labute approximate surface area is 127 Å². The van der Waals surface area contributed by atoms with Crippen LogP contribution in [0.15, 0.2) is 63.8 Å². The Bertz CT molecular complexity index is 893. The van der Waals surface area contributed by atoms with Gasteiger partial charge >= 0.3 is 11.6 Å². The van der Waals surface area contributed by atoms with Crippen molar-refractivity contribution in [1.29, 1.82) is 0 Å². The molecule has 0 amide bonds. The van der Waals surface area contributed by atoms with Gasteiger partial charge < -0.3 is 9.15 Å². The molecule has 4 heteroatoms. The van der Waals surface area contributed by atoms with E-state index in [1.54, 1.807) is 18.2 Å². The first-order valence-corrected chi connectivity index (χ1v) is 6.89. The van der Waals surface area contributed by atoms with Gasteiger partial charge in [-0.2, -0.15) is 0 Å². The van der Waals surface area contributed by atoms with E-state index in [9.17, 15) is 9.59 Å². The number of para-hydroxylation sites is 1. The maximum atomic E-state index is 12.1. The van der Waals surface area contributed by atoms with Crippen LogP contribution in [0, 0.1) is 6.92 Å². The molecule has 0 radical (unpaired) electrons. The van der Waals surface area contributed by atoms with Gasteiger partial charge in [0.15, 0.2) is 0 Å². The fraction of sp³-hybridized carbons (Fsp3) is 0.111. The highest BCUT2D eigenvalue weighted by atomic mass is 16.5. The molecule has 0 atom stereocenters. The van der Waals surface area contributed by atoms with Crippen molar-refractivity contribution in [2.45, 2.75) is 13.5 Å². The number of ether oxygens (including phenoxy) is 1. The summed E-state index contributed by atoms with van der Waals surface area (Å²) in [6.45, 7) is 2.08. The zero-order valence-corrected chi connectivity index (χ0v) is 12.0. The predicted molar refractivity (Wildman–Crippen MR) is 82.8 cm³/mol. The average molecular weight is 294 g/mol. The molecule has 0 spiro atoms. The zero-order chi connectivity index (χ0) is 15.5. The maximum absolute atomic E-state index is 12.1. The van der Waals surface area contributed by atoms with Crippen molar-refractivity contribution in [3.8, 4) is 0 Å². The molecule has 0 aliphatic heterocycles. The largest absolute Gasteiger partial charge is 0.457 e. The van der Waals surface area contributed by atoms with Crippen LogP contribution in [0.25, 0.3) is 11.0 Å². The number of esters is 1. The molecule has 1 heterocycles. The normalized spacial score (nSPS) is 10.6. The van der Waals surface area contributed by atoms with Crippen molar-refractivity contribution in [1.82, 2.24) is 0 Å². The van der Waals surface area contributed by atoms with E-state index in [4.69, 9.17) is 9.15 Å². The van der Waals surface area contributed by atoms with Gasteiger partial charge in [-0.25, -0.2) is 9.59 Å². The summed E-state index contributed by atoms with van der Waals surface area (Å²) in [5.41, 5.74) is 1.62. The van der Waals surface area contributed by atoms with Gasteiger partial charge in [-0.3, -0.25) is 0 Å². The third kappa shape index (κ3) is 2.91. The second kappa shape index (κ2) is 5.85. The molecule has 0 saturated heterocycles. The smallest absolute Gasteiger partial charge is 0.351 e. The van der Waals surface area contributed by atoms with Gasteiger partial charge in [-0.05, 0) is 24.6 Å². The maximum Gasteiger partial charge on any atom is 0.351 e. The highest BCUT2D eigenvalue weighted by molar-refractivity contribution is 5.92. The van der Waals surface area contributed by atoms with Crippen LogP contribution in [-0.2, 0) is 11.3 Å². The van der Waals surface area contributed by atoms with Crippen LogP contribution in [0.5, 0.6) is 0 Å². The van der Waals surface area contributed by atoms with Crippen LogP contribution < -0.4 is 5.63 Å². The number of hydrogen-bond acceptors (Lipinski definition) is 4. The Morgan fingerprint density at radius 1 is 1.09 bits per heavy atom. The summed E-state index contributed by atoms with van der Waals surface area (Å²) >= 11 is 0. The number of aryl methyl sites for hydroxylation is 1. The minimum atomic E-state index is -0.687. The fourth-order valence-corrected chi connectivity index (χ4v) is 2.23. The molecule has 2 aromatic carbocycles. The van der Waals surface area contributed by atoms with E-state index in [0.717, 1.165) is 11.1 Å². The first-order valence-electron chi connectivity index (χ1n) is 6.89. The van der Waals surface area contributed by atoms with Crippen molar-refractivity contribution in [3.63, 3.8) is 0 Å². The SMILES string of the molecule is Cc1cccc(COC(=O)c2cc3ccccc3oc2=O)c1. The summed E-state index contributed by atoms with van der Waals surface area (Å²) < 4.78 is 10.3. The predicted octanol–water partition coefficient (Wildman–Crippen LogP) is 3.46. The number of carbonyl (C=O) groups excluding carboxylic acids is 1. The molecule has 0 unspecified atom stereocenters. The summed E-state index contributed by atoms with van der Waals surface area (Å²) in [5, 5.41) is 0.685. The van der Waals surface area contributed by atoms with E-state index in [1.807, 2.05) is 37.3 Å². The van der Waals surface area contributed by atoms with Crippen molar-refractivity contribution in [2.24, 2.45) is 0 Å². The molecule has 0 saturated carbocycles. The molecular weight excluding hydrogens is 280 g/mol. The van der Waals surface area contributed by atoms with Gasteiger partial charge in [0.05, 0.1) is 0 Å². The molecule has 22 heavy (non-hydrogen) atoms. The van der Waals surface area contributed by atoms with Gasteiger partial charge in [0.1, 0.15) is 17.8 Å². The molecule has 0 aliphatic carbocycles. The molecule has 0 aliphatic rings. The quantitative estimate of drug-likeness (QED) is 0.548. The second-order valence-corrected chi connectivity index (χ2v) is 5.05. The highest BCUT2D eigenvalue weighted by Gasteiger charge is 2.15. The lowest BCUT2D eigenvalue weighted by Gasteiger charge is -2.05. The first-order chi connectivity index (χ1) is 10.6. The van der Waals surface area contributed by atoms with E-state index in [0.29, 0.717) is 11.0 Å². The molecule has 0 bridgehead atoms. The standard InChI is InChI=1S/C18H14O4/c1-12-5-4-6-13(9-12)11-21-17(19)15-10-14-7-2-3-8-16(14)22-18(15)20/h2-10H,11H2,1H3. The third-order valence-corrected chi connectivity index (χ3v) is 3.31. The first kappa shape index (κ1) is 14.1. The summed E-state index contributed by atoms with van der Waals surface area (Å²) in [4.78, 5) is 24.0. The van der Waals surface area contributed by atoms with Gasteiger partial charge in [-0.15, -0.1) is 0 Å². The van der Waals surface area contributed by atoms with Crippen molar-refractivity contribution in [2.75, 3.05) is 0 Å². The topological polar surface area (TPSA) is 56.5 Å². The summed E-state index contributed by atoms with van der Waals surface area (Å²) in [7, 11) is 0. The zero-order valence-electron chi connectivity index (χ0n) is 12.0. The minimum absolute atomic E-state index is 0.0913. The van der Waals surface area contributed by atoms with Crippen LogP contribution in [0.1, 0.15) is 21.5 Å². The van der Waals surface area contributed by atoms with Gasteiger partial charge in [0.2, 0.25) is 0 Å². The average Bonchev–Trinajstić information content (AvgIpc) is 2.52. The number of carbonyl (C=O) groups is 1. The second-order valence-electron chi connectivity index (χ2n) is 5.05. The van der Waals surface area contributed by atoms with E-state index in [2.05, 4.69) is 0 Å². The third-order valence-electron chi connectivity index (χ3n) is 3.31. The molecule has 3 rings (SSSR count). The van der Waals surface area contributed by atoms with Gasteiger partial charge in [0, 0.05) is 5.39 Å². The Kier molecular flexibility index (Phi) is 3.74. The van der Waals surface area contributed by atoms with Crippen LogP contribution in [0.2, 0.25) is 0 Å². The molecule has 0 N–H and O–H groups in total. The van der Waals surface area contributed by atoms with E-state index < -0.39 is 11.6 Å². The lowest BCUT2D eigenvalue weighted by Crippen LogP contribution is -2.16. The van der Waals surface area contributed by atoms with Crippen LogP contribution in [0.4, 0.5) is 0 Å². The molecule has 4 nitrogen and oxygen atoms in total. The molecule has 0 fully saturated rings. The van der Waals surface area contributed by atoms with E-state index in [1.165, 1.54) is 6.07 Å². The Hall–Kier alpha value is -2.88. The molecule has 3 aromatic rings. The number of benzene rings is 2. The van der Waals surface area contributed by atoms with Crippen molar-refractivity contribution in [3.05, 3.63) is 81.7 Å². The number of fused-ring (bicyclic) bond motifs is 1. The number of rotatable bonds is 3. The molecule has 110 valence electrons. The highest BCUT2D eigenvalue weighted by Crippen LogP contribution is 2.14. The fourth-order valence-electron chi connectivity index (χ4n) is 2.23. The van der Waals surface area contributed by atoms with Crippen molar-refractivity contribution >= 4 is 16.9 Å². The van der Waals surface area contributed by atoms with Crippen molar-refractivity contribution < 1.29 is 13.9 Å². The Balaban J connectivity index is 1.83. The Morgan fingerprint density at radius 2 is 1.91 bits per heavy atom. The minimum Gasteiger partial charge on any atom is -0.457 e. The van der Waals surface area contributed by atoms with Crippen LogP contribution >= 0.6 is 0 Å². The van der Waals surface area contributed by atoms with E-state index in [-0.39, 0.29) is 12.2 Å². The molecular formula is C18H14O4. The van der Waals surface area contributed by atoms with Gasteiger partial charge in [-0.1, -0.05) is 48.0 Å². The Morgan fingerprint density at radius 3 is 2.73 bits per heavy atom. The molecule has 1 aromatic heterocycles. The summed E-state index contributed by atoms with van der Waals surface area (Å²) in [6, 6.07) is 16.2. The van der Waals surface area contributed by atoms with Gasteiger partial charge in [0.25, 0.3) is 0 Å². The van der Waals surface area contributed by atoms with E-state index >= 15 is 0 Å². The monoisotopic (exact) mass is 294 g/mol.